The first-order valence-corrected chi connectivity index (χ1v) is 28.6. The van der Waals surface area contributed by atoms with Crippen molar-refractivity contribution in [3.05, 3.63) is 81.9 Å². The molecule has 80 heavy (non-hydrogen) atoms. The van der Waals surface area contributed by atoms with Crippen molar-refractivity contribution in [2.75, 3.05) is 90.4 Å². The summed E-state index contributed by atoms with van der Waals surface area (Å²) < 4.78 is 55.0. The number of phenolic OH excluding ortho intramolecular Hbond substituents is 1. The van der Waals surface area contributed by atoms with Crippen molar-refractivity contribution in [3.63, 3.8) is 0 Å². The monoisotopic (exact) mass is 1100 g/mol. The van der Waals surface area contributed by atoms with E-state index in [4.69, 9.17) is 24.2 Å². The number of imidazole rings is 1. The third kappa shape index (κ3) is 9.80. The standard InChI is InChI=1S/C59H70F2N10O9/c1-4-41-44(60)9-7-39-27-40(72)29-42(49(39)41)51-50(61)52-43(30-62-51)53(69-23-26-78-33-58(2,77)32-69)65-55(64-52)79-34-59-17-5-24-71(59,25-6-18-59)35-80-57(76)68-21-13-36(14-22-68)31-67-19-15-37(16-20-67)38-8-10-45-47(28-38)66(3)56(75)70(45)46-11-12-48(73)63-54(46)74/h7-10,27-30,36-37,46,77H,4-6,11-26,31-35H2,1-3H3,(H-,63,72,73,74)/p+1. The number of pyridine rings is 1. The molecule has 3 amide bonds. The molecule has 6 aromatic rings. The Morgan fingerprint density at radius 3 is 2.48 bits per heavy atom. The maximum absolute atomic E-state index is 17.4. The molecule has 9 heterocycles. The fourth-order valence-corrected chi connectivity index (χ4v) is 14.3. The molecule has 6 fully saturated rings. The molecule has 0 aliphatic carbocycles. The number of likely N-dealkylation sites (tertiary alicyclic amines) is 2. The van der Waals surface area contributed by atoms with E-state index < -0.39 is 34.7 Å². The van der Waals surface area contributed by atoms with Crippen LogP contribution in [-0.4, -0.2) is 163 Å². The molecule has 19 nitrogen and oxygen atoms in total. The number of carbonyl (C=O) groups is 3. The van der Waals surface area contributed by atoms with E-state index >= 15 is 8.78 Å². The molecule has 0 bridgehead atoms. The molecule has 21 heteroatoms. The predicted molar refractivity (Wildman–Crippen MR) is 294 cm³/mol. The molecule has 3 N–H and O–H groups in total. The number of amides is 3. The van der Waals surface area contributed by atoms with Gasteiger partial charge in [0.2, 0.25) is 18.5 Å². The number of nitrogens with one attached hydrogen (secondary N) is 1. The minimum absolute atomic E-state index is 0.0580. The number of imide groups is 1. The van der Waals surface area contributed by atoms with Crippen molar-refractivity contribution in [2.24, 2.45) is 13.0 Å². The molecule has 0 saturated carbocycles. The van der Waals surface area contributed by atoms with Crippen molar-refractivity contribution in [1.82, 2.24) is 39.2 Å². The second kappa shape index (κ2) is 21.3. The molecule has 0 spiro atoms. The SMILES string of the molecule is CCc1c(F)ccc2cc(O)cc(-c3ncc4c(N5CCOCC(C)(O)C5)nc(OCC56CCC[N+]5(COC(=O)N5CCC(CN7CCC(c8ccc9c(c8)n(C)c(=O)n9C8CCC(=O)NC8=O)CC7)CC5)CCC6)nc4c3F)c12. The van der Waals surface area contributed by atoms with Crippen LogP contribution in [0.4, 0.5) is 19.4 Å². The van der Waals surface area contributed by atoms with Crippen molar-refractivity contribution in [1.29, 1.82) is 0 Å². The van der Waals surface area contributed by atoms with Crippen LogP contribution in [0, 0.1) is 17.6 Å². The van der Waals surface area contributed by atoms with Gasteiger partial charge in [0.15, 0.2) is 5.82 Å². The van der Waals surface area contributed by atoms with Crippen molar-refractivity contribution in [2.45, 2.75) is 108 Å². The summed E-state index contributed by atoms with van der Waals surface area (Å²) in [5.74, 6) is -1.00. The van der Waals surface area contributed by atoms with Gasteiger partial charge >= 0.3 is 17.8 Å². The van der Waals surface area contributed by atoms with Crippen LogP contribution < -0.4 is 20.6 Å². The van der Waals surface area contributed by atoms with Crippen LogP contribution in [-0.2, 0) is 32.5 Å². The highest BCUT2D eigenvalue weighted by Gasteiger charge is 2.60. The van der Waals surface area contributed by atoms with Crippen molar-refractivity contribution < 1.29 is 52.1 Å². The van der Waals surface area contributed by atoms with E-state index in [9.17, 15) is 29.4 Å². The van der Waals surface area contributed by atoms with Gasteiger partial charge in [-0.25, -0.2) is 18.4 Å². The quantitative estimate of drug-likeness (QED) is 0.0850. The number of quaternary nitrogens is 1. The van der Waals surface area contributed by atoms with E-state index in [-0.39, 0.29) is 91.1 Å². The smallest absolute Gasteiger partial charge is 0.414 e. The maximum Gasteiger partial charge on any atom is 0.414 e. The van der Waals surface area contributed by atoms with Gasteiger partial charge in [0.1, 0.15) is 52.4 Å². The number of anilines is 1. The van der Waals surface area contributed by atoms with Crippen LogP contribution in [0.2, 0.25) is 0 Å². The summed E-state index contributed by atoms with van der Waals surface area (Å²) in [5.41, 5.74) is 1.14. The van der Waals surface area contributed by atoms with Gasteiger partial charge in [-0.3, -0.25) is 33.5 Å². The van der Waals surface area contributed by atoms with E-state index in [2.05, 4.69) is 27.3 Å². The second-order valence-corrected chi connectivity index (χ2v) is 23.7. The van der Waals surface area contributed by atoms with E-state index in [0.29, 0.717) is 76.5 Å². The Labute approximate surface area is 462 Å². The Balaban J connectivity index is 0.694. The van der Waals surface area contributed by atoms with Gasteiger partial charge in [-0.15, -0.1) is 0 Å². The third-order valence-corrected chi connectivity index (χ3v) is 18.6. The maximum atomic E-state index is 17.4. The summed E-state index contributed by atoms with van der Waals surface area (Å²) in [5, 5.41) is 25.7. The zero-order valence-corrected chi connectivity index (χ0v) is 45.9. The molecule has 3 aromatic heterocycles. The van der Waals surface area contributed by atoms with Crippen LogP contribution in [0.5, 0.6) is 11.8 Å². The predicted octanol–water partition coefficient (Wildman–Crippen LogP) is 6.82. The summed E-state index contributed by atoms with van der Waals surface area (Å²) >= 11 is 0. The van der Waals surface area contributed by atoms with Crippen LogP contribution in [0.3, 0.4) is 0 Å². The Bertz CT molecular complexity index is 3470. The lowest BCUT2D eigenvalue weighted by Gasteiger charge is -2.43. The molecule has 424 valence electrons. The first-order valence-electron chi connectivity index (χ1n) is 28.6. The van der Waals surface area contributed by atoms with Gasteiger partial charge in [0.05, 0.1) is 49.3 Å². The van der Waals surface area contributed by atoms with Crippen LogP contribution in [0.1, 0.15) is 101 Å². The van der Waals surface area contributed by atoms with E-state index in [1.165, 1.54) is 34.5 Å². The molecule has 2 unspecified atom stereocenters. The Morgan fingerprint density at radius 2 is 1.73 bits per heavy atom. The van der Waals surface area contributed by atoms with Gasteiger partial charge in [-0.1, -0.05) is 19.1 Å². The average Bonchev–Trinajstić information content (AvgIpc) is 4.22. The number of halogens is 2. The first kappa shape index (κ1) is 53.8. The number of β-amino-alcohol motifs (C(OH)–C–C–N with tert-alkyl or cyclic N) is 1. The number of piperidine rings is 3. The summed E-state index contributed by atoms with van der Waals surface area (Å²) in [6.07, 6.45) is 9.23. The van der Waals surface area contributed by atoms with E-state index in [0.717, 1.165) is 89.6 Å². The van der Waals surface area contributed by atoms with Gasteiger partial charge in [-0.05, 0) is 123 Å². The fraction of sp³-hybridized carbons (Fsp3) is 0.542. The van der Waals surface area contributed by atoms with Gasteiger partial charge < -0.3 is 39.1 Å². The van der Waals surface area contributed by atoms with Crippen LogP contribution in [0.15, 0.2) is 53.5 Å². The van der Waals surface area contributed by atoms with E-state index in [1.54, 1.807) is 24.6 Å². The number of hydrogen-bond acceptors (Lipinski definition) is 14. The number of fused-ring (bicyclic) bond motifs is 4. The molecule has 6 saturated heterocycles. The van der Waals surface area contributed by atoms with Gasteiger partial charge in [0, 0.05) is 77.1 Å². The summed E-state index contributed by atoms with van der Waals surface area (Å²) in [6, 6.07) is 11.1. The normalized spacial score (nSPS) is 25.4. The van der Waals surface area contributed by atoms with Crippen molar-refractivity contribution in [3.8, 4) is 23.0 Å². The van der Waals surface area contributed by atoms with Crippen molar-refractivity contribution >= 4 is 56.4 Å². The highest BCUT2D eigenvalue weighted by atomic mass is 19.1. The molecule has 2 atom stereocenters. The highest BCUT2D eigenvalue weighted by Crippen LogP contribution is 2.47. The Hall–Kier alpha value is -6.81. The number of ether oxygens (including phenoxy) is 3. The summed E-state index contributed by atoms with van der Waals surface area (Å²) in [7, 11) is 1.73. The second-order valence-electron chi connectivity index (χ2n) is 23.7. The van der Waals surface area contributed by atoms with Gasteiger partial charge in [0.25, 0.3) is 0 Å². The molecular formula is C59H71F2N10O9+. The largest absolute Gasteiger partial charge is 0.508 e. The lowest BCUT2D eigenvalue weighted by molar-refractivity contribution is -0.966. The minimum atomic E-state index is -1.25. The molecule has 3 aromatic carbocycles. The minimum Gasteiger partial charge on any atom is -0.508 e. The number of hydrogen-bond donors (Lipinski definition) is 3. The lowest BCUT2D eigenvalue weighted by Crippen LogP contribution is -2.61. The number of aryl methyl sites for hydroxylation is 2. The number of phenols is 1. The number of carbonyl (C=O) groups excluding carboxylic acids is 3. The molecule has 6 aliphatic heterocycles. The number of benzene rings is 3. The average molecular weight is 1100 g/mol. The summed E-state index contributed by atoms with van der Waals surface area (Å²) in [6.45, 7) is 10.5. The Kier molecular flexibility index (Phi) is 14.3. The Morgan fingerprint density at radius 1 is 0.950 bits per heavy atom. The zero-order chi connectivity index (χ0) is 55.7. The highest BCUT2D eigenvalue weighted by molar-refractivity contribution is 6.02. The lowest BCUT2D eigenvalue weighted by atomic mass is 9.88. The molecule has 12 rings (SSSR count). The van der Waals surface area contributed by atoms with Crippen LogP contribution >= 0.6 is 0 Å². The topological polar surface area (TPSA) is 207 Å². The van der Waals surface area contributed by atoms with Gasteiger partial charge in [-0.2, -0.15) is 9.97 Å². The fourth-order valence-electron chi connectivity index (χ4n) is 14.3. The molecule has 0 radical (unpaired) electrons. The number of rotatable bonds is 12. The third-order valence-electron chi connectivity index (χ3n) is 18.6. The molecule has 6 aliphatic rings. The molecular weight excluding hydrogens is 1030 g/mol. The zero-order valence-electron chi connectivity index (χ0n) is 45.9. The number of aliphatic hydroxyl groups is 1. The van der Waals surface area contributed by atoms with E-state index in [1.807, 2.05) is 22.8 Å². The number of aromatic nitrogens is 5. The number of nitrogens with zero attached hydrogens (tertiary/aromatic N) is 9. The summed E-state index contributed by atoms with van der Waals surface area (Å²) in [4.78, 5) is 72.2. The van der Waals surface area contributed by atoms with Crippen LogP contribution in [0.25, 0.3) is 44.0 Å². The first-order chi connectivity index (χ1) is 38.5. The number of aromatic hydroxyl groups is 1.